The average molecular weight is 434 g/mol. The third-order valence-electron chi connectivity index (χ3n) is 4.06. The Morgan fingerprint density at radius 3 is 2.80 bits per heavy atom. The maximum atomic E-state index is 12.2. The molecular weight excluding hydrogens is 421 g/mol. The fraction of sp³-hybridized carbons (Fsp3) is 0.111. The molecule has 3 aromatic heterocycles. The molecule has 0 saturated carbocycles. The van der Waals surface area contributed by atoms with Gasteiger partial charge in [0.05, 0.1) is 11.9 Å². The van der Waals surface area contributed by atoms with Crippen LogP contribution in [0.5, 0.6) is 0 Å². The lowest BCUT2D eigenvalue weighted by molar-refractivity contribution is -0.122. The number of halogens is 3. The summed E-state index contributed by atoms with van der Waals surface area (Å²) in [6.45, 7) is -1.41. The number of fused-ring (bicyclic) bond motifs is 1. The largest absolute Gasteiger partial charge is 0.409 e. The van der Waals surface area contributed by atoms with Crippen LogP contribution in [0.15, 0.2) is 53.2 Å². The highest BCUT2D eigenvalue weighted by atomic mass is 32.1. The minimum absolute atomic E-state index is 0.164. The predicted octanol–water partition coefficient (Wildman–Crippen LogP) is 4.40. The first-order chi connectivity index (χ1) is 14.3. The number of benzene rings is 1. The number of pyridine rings is 1. The van der Waals surface area contributed by atoms with Crippen molar-refractivity contribution in [1.29, 1.82) is 0 Å². The molecule has 4 rings (SSSR count). The molecule has 154 valence electrons. The smallest absolute Gasteiger partial charge is 0.405 e. The standard InChI is InChI=1S/C18H13F3N6O2S/c19-18(20,21)9-23-16(28)24-12-3-1-2-10(6-12)13-8-22-14-7-11(4-5-27(13)14)15-25-26-17(30)29-15/h1-8H,9H2,(H,26,30)(H2,23,24,28). The second-order valence-corrected chi connectivity index (χ2v) is 6.58. The van der Waals surface area contributed by atoms with Gasteiger partial charge >= 0.3 is 12.2 Å². The highest BCUT2D eigenvalue weighted by molar-refractivity contribution is 7.71. The second-order valence-electron chi connectivity index (χ2n) is 6.21. The van der Waals surface area contributed by atoms with Gasteiger partial charge in [0.25, 0.3) is 4.84 Å². The molecule has 30 heavy (non-hydrogen) atoms. The molecule has 0 fully saturated rings. The number of carbonyl (C=O) groups excluding carboxylic acids is 1. The topological polar surface area (TPSA) is 100 Å². The zero-order chi connectivity index (χ0) is 21.3. The molecule has 4 aromatic rings. The molecule has 0 spiro atoms. The molecule has 8 nitrogen and oxygen atoms in total. The van der Waals surface area contributed by atoms with Crippen molar-refractivity contribution in [3.05, 3.63) is 53.6 Å². The van der Waals surface area contributed by atoms with Crippen LogP contribution in [-0.4, -0.2) is 38.3 Å². The van der Waals surface area contributed by atoms with Gasteiger partial charge in [0.15, 0.2) is 0 Å². The van der Waals surface area contributed by atoms with Gasteiger partial charge in [0, 0.05) is 23.0 Å². The Hall–Kier alpha value is -3.67. The molecule has 0 aliphatic heterocycles. The molecule has 0 saturated heterocycles. The number of imidazole rings is 1. The van der Waals surface area contributed by atoms with E-state index in [2.05, 4.69) is 20.5 Å². The van der Waals surface area contributed by atoms with E-state index in [0.29, 0.717) is 28.4 Å². The van der Waals surface area contributed by atoms with Gasteiger partial charge in [-0.25, -0.2) is 14.9 Å². The first-order valence-corrected chi connectivity index (χ1v) is 8.94. The molecule has 3 heterocycles. The number of urea groups is 1. The zero-order valence-corrected chi connectivity index (χ0v) is 15.8. The van der Waals surface area contributed by atoms with Crippen molar-refractivity contribution < 1.29 is 22.4 Å². The van der Waals surface area contributed by atoms with Crippen LogP contribution < -0.4 is 10.6 Å². The van der Waals surface area contributed by atoms with E-state index in [0.717, 1.165) is 5.69 Å². The van der Waals surface area contributed by atoms with E-state index in [-0.39, 0.29) is 4.84 Å². The van der Waals surface area contributed by atoms with E-state index in [1.165, 1.54) is 0 Å². The third kappa shape index (κ3) is 4.33. The molecule has 0 radical (unpaired) electrons. The van der Waals surface area contributed by atoms with Crippen LogP contribution >= 0.6 is 12.2 Å². The summed E-state index contributed by atoms with van der Waals surface area (Å²) < 4.78 is 43.8. The molecule has 12 heteroatoms. The number of amides is 2. The minimum Gasteiger partial charge on any atom is -0.409 e. The first-order valence-electron chi connectivity index (χ1n) is 8.53. The lowest BCUT2D eigenvalue weighted by atomic mass is 10.1. The SMILES string of the molecule is O=C(NCC(F)(F)F)Nc1cccc(-c2cnc3cc(-c4n[nH]c(=S)o4)ccn23)c1. The number of nitrogens with zero attached hydrogens (tertiary/aromatic N) is 3. The molecule has 1 aromatic carbocycles. The number of carbonyl (C=O) groups is 1. The van der Waals surface area contributed by atoms with Gasteiger partial charge < -0.3 is 15.1 Å². The maximum absolute atomic E-state index is 12.2. The van der Waals surface area contributed by atoms with Crippen molar-refractivity contribution in [2.24, 2.45) is 0 Å². The maximum Gasteiger partial charge on any atom is 0.405 e. The van der Waals surface area contributed by atoms with Crippen molar-refractivity contribution in [3.63, 3.8) is 0 Å². The Morgan fingerprint density at radius 1 is 1.23 bits per heavy atom. The summed E-state index contributed by atoms with van der Waals surface area (Å²) in [6, 6.07) is 9.28. The van der Waals surface area contributed by atoms with Crippen LogP contribution in [-0.2, 0) is 0 Å². The second kappa shape index (κ2) is 7.63. The summed E-state index contributed by atoms with van der Waals surface area (Å²) in [5.74, 6) is 0.336. The van der Waals surface area contributed by atoms with E-state index >= 15 is 0 Å². The van der Waals surface area contributed by atoms with Gasteiger partial charge in [-0.1, -0.05) is 12.1 Å². The molecular formula is C18H13F3N6O2S. The van der Waals surface area contributed by atoms with Gasteiger partial charge in [-0.05, 0) is 36.5 Å². The summed E-state index contributed by atoms with van der Waals surface area (Å²) in [5.41, 5.74) is 3.07. The van der Waals surface area contributed by atoms with Crippen molar-refractivity contribution in [3.8, 4) is 22.7 Å². The molecule has 0 unspecified atom stereocenters. The molecule has 0 bridgehead atoms. The number of nitrogens with one attached hydrogen (secondary N) is 3. The number of hydrogen-bond donors (Lipinski definition) is 3. The summed E-state index contributed by atoms with van der Waals surface area (Å²) in [6.07, 6.45) is -1.07. The zero-order valence-electron chi connectivity index (χ0n) is 15.0. The summed E-state index contributed by atoms with van der Waals surface area (Å²) in [4.78, 5) is 16.2. The Bertz CT molecular complexity index is 1280. The van der Waals surface area contributed by atoms with Crippen LogP contribution in [0.3, 0.4) is 0 Å². The van der Waals surface area contributed by atoms with Gasteiger partial charge in [-0.2, -0.15) is 13.2 Å². The Balaban J connectivity index is 1.57. The van der Waals surface area contributed by atoms with Crippen molar-refractivity contribution >= 4 is 29.6 Å². The summed E-state index contributed by atoms with van der Waals surface area (Å²) >= 11 is 4.88. The number of aromatic nitrogens is 4. The Morgan fingerprint density at radius 2 is 2.07 bits per heavy atom. The van der Waals surface area contributed by atoms with E-state index < -0.39 is 18.8 Å². The molecule has 0 atom stereocenters. The van der Waals surface area contributed by atoms with Crippen molar-refractivity contribution in [2.45, 2.75) is 6.18 Å². The highest BCUT2D eigenvalue weighted by Gasteiger charge is 2.27. The third-order valence-corrected chi connectivity index (χ3v) is 4.24. The highest BCUT2D eigenvalue weighted by Crippen LogP contribution is 2.26. The number of H-pyrrole nitrogens is 1. The van der Waals surface area contributed by atoms with Crippen molar-refractivity contribution in [1.82, 2.24) is 24.9 Å². The Kier molecular flexibility index (Phi) is 4.99. The average Bonchev–Trinajstić information content (AvgIpc) is 3.32. The van der Waals surface area contributed by atoms with Crippen LogP contribution in [0.4, 0.5) is 23.7 Å². The molecule has 3 N–H and O–H groups in total. The number of aromatic amines is 1. The van der Waals surface area contributed by atoms with Crippen LogP contribution in [0, 0.1) is 4.84 Å². The van der Waals surface area contributed by atoms with Crippen molar-refractivity contribution in [2.75, 3.05) is 11.9 Å². The lowest BCUT2D eigenvalue weighted by Gasteiger charge is -2.10. The number of hydrogen-bond acceptors (Lipinski definition) is 5. The van der Waals surface area contributed by atoms with Crippen LogP contribution in [0.25, 0.3) is 28.4 Å². The van der Waals surface area contributed by atoms with Gasteiger partial charge in [0.2, 0.25) is 5.89 Å². The van der Waals surface area contributed by atoms with Gasteiger partial charge in [-0.3, -0.25) is 4.40 Å². The normalized spacial score (nSPS) is 11.6. The van der Waals surface area contributed by atoms with E-state index in [4.69, 9.17) is 16.6 Å². The Labute approximate surface area is 171 Å². The van der Waals surface area contributed by atoms with E-state index in [1.54, 1.807) is 54.1 Å². The number of alkyl halides is 3. The summed E-state index contributed by atoms with van der Waals surface area (Å²) in [7, 11) is 0. The van der Waals surface area contributed by atoms with E-state index in [1.807, 2.05) is 4.40 Å². The monoisotopic (exact) mass is 434 g/mol. The number of anilines is 1. The number of rotatable bonds is 4. The molecule has 0 aliphatic rings. The van der Waals surface area contributed by atoms with Gasteiger partial charge in [-0.15, -0.1) is 5.10 Å². The first kappa shape index (κ1) is 19.6. The van der Waals surface area contributed by atoms with E-state index in [9.17, 15) is 18.0 Å². The summed E-state index contributed by atoms with van der Waals surface area (Å²) in [5, 5.41) is 10.7. The van der Waals surface area contributed by atoms with Crippen LogP contribution in [0.1, 0.15) is 0 Å². The fourth-order valence-corrected chi connectivity index (χ4v) is 2.92. The molecule has 0 aliphatic carbocycles. The van der Waals surface area contributed by atoms with Crippen LogP contribution in [0.2, 0.25) is 0 Å². The quantitative estimate of drug-likeness (QED) is 0.414. The lowest BCUT2D eigenvalue weighted by Crippen LogP contribution is -2.36. The molecule has 2 amide bonds. The van der Waals surface area contributed by atoms with Gasteiger partial charge in [0.1, 0.15) is 12.2 Å². The fourth-order valence-electron chi connectivity index (χ4n) is 2.79. The minimum atomic E-state index is -4.48. The predicted molar refractivity (Wildman–Crippen MR) is 104 cm³/mol.